The molecule has 0 heterocycles. The fourth-order valence-corrected chi connectivity index (χ4v) is 1.95. The Morgan fingerprint density at radius 2 is 1.38 bits per heavy atom. The van der Waals surface area contributed by atoms with Crippen LogP contribution in [-0.2, 0) is 19.1 Å². The Labute approximate surface area is 97.3 Å². The second-order valence-electron chi connectivity index (χ2n) is 5.55. The lowest BCUT2D eigenvalue weighted by atomic mass is 9.80. The molecule has 0 fully saturated rings. The quantitative estimate of drug-likeness (QED) is 0.698. The minimum absolute atomic E-state index is 0.301. The van der Waals surface area contributed by atoms with Gasteiger partial charge in [-0.05, 0) is 13.8 Å². The number of rotatable bonds is 3. The van der Waals surface area contributed by atoms with Crippen LogP contribution >= 0.6 is 0 Å². The van der Waals surface area contributed by atoms with Crippen molar-refractivity contribution in [1.82, 2.24) is 0 Å². The number of esters is 2. The summed E-state index contributed by atoms with van der Waals surface area (Å²) in [5.74, 6) is -0.758. The van der Waals surface area contributed by atoms with Gasteiger partial charge >= 0.3 is 11.9 Å². The Morgan fingerprint density at radius 3 is 1.62 bits per heavy atom. The van der Waals surface area contributed by atoms with E-state index < -0.39 is 11.7 Å². The van der Waals surface area contributed by atoms with Crippen LogP contribution in [0.1, 0.15) is 48.5 Å². The molecule has 0 amide bonds. The lowest BCUT2D eigenvalue weighted by Crippen LogP contribution is -2.50. The number of hydrogen-bond acceptors (Lipinski definition) is 4. The van der Waals surface area contributed by atoms with Gasteiger partial charge in [-0.25, -0.2) is 0 Å². The molecule has 0 N–H and O–H groups in total. The molecule has 0 aliphatic carbocycles. The monoisotopic (exact) mass is 230 g/mol. The highest BCUT2D eigenvalue weighted by Gasteiger charge is 2.43. The fraction of sp³-hybridized carbons (Fsp3) is 0.833. The molecule has 0 aliphatic rings. The Balaban J connectivity index is 5.01. The number of carbonyl (C=O) groups excluding carboxylic acids is 2. The summed E-state index contributed by atoms with van der Waals surface area (Å²) in [6, 6.07) is 0. The van der Waals surface area contributed by atoms with Gasteiger partial charge < -0.3 is 9.47 Å². The van der Waals surface area contributed by atoms with E-state index in [2.05, 4.69) is 0 Å². The largest absolute Gasteiger partial charge is 0.458 e. The second kappa shape index (κ2) is 4.85. The summed E-state index contributed by atoms with van der Waals surface area (Å²) in [5.41, 5.74) is -1.14. The van der Waals surface area contributed by atoms with Crippen LogP contribution in [0.5, 0.6) is 0 Å². The summed E-state index contributed by atoms with van der Waals surface area (Å²) in [4.78, 5) is 22.1. The van der Waals surface area contributed by atoms with Crippen LogP contribution in [0, 0.1) is 5.41 Å². The minimum atomic E-state index is -0.838. The van der Waals surface area contributed by atoms with Crippen molar-refractivity contribution >= 4 is 11.9 Å². The van der Waals surface area contributed by atoms with Gasteiger partial charge in [-0.2, -0.15) is 0 Å². The first-order valence-corrected chi connectivity index (χ1v) is 5.33. The summed E-state index contributed by atoms with van der Waals surface area (Å²) in [5, 5.41) is 0. The van der Waals surface area contributed by atoms with Crippen LogP contribution in [0.2, 0.25) is 0 Å². The van der Waals surface area contributed by atoms with E-state index >= 15 is 0 Å². The van der Waals surface area contributed by atoms with Crippen molar-refractivity contribution in [3.8, 4) is 0 Å². The zero-order valence-corrected chi connectivity index (χ0v) is 11.2. The molecule has 0 aromatic carbocycles. The van der Waals surface area contributed by atoms with Gasteiger partial charge in [0.05, 0.1) is 0 Å². The van der Waals surface area contributed by atoms with Crippen LogP contribution in [0.15, 0.2) is 0 Å². The smallest absolute Gasteiger partial charge is 0.303 e. The molecular weight excluding hydrogens is 208 g/mol. The van der Waals surface area contributed by atoms with Gasteiger partial charge in [-0.15, -0.1) is 0 Å². The molecular formula is C12H22O4. The van der Waals surface area contributed by atoms with Crippen LogP contribution in [-0.4, -0.2) is 23.6 Å². The molecule has 0 rings (SSSR count). The number of hydrogen-bond donors (Lipinski definition) is 0. The van der Waals surface area contributed by atoms with Crippen LogP contribution < -0.4 is 0 Å². The van der Waals surface area contributed by atoms with E-state index in [1.54, 1.807) is 13.8 Å². The standard InChI is InChI=1S/C12H22O4/c1-8(13)15-10(11(3,4)5)12(6,7)16-9(2)14/h10H,1-7H3. The zero-order valence-electron chi connectivity index (χ0n) is 11.2. The molecule has 0 aromatic heterocycles. The van der Waals surface area contributed by atoms with Crippen molar-refractivity contribution in [3.63, 3.8) is 0 Å². The molecule has 0 saturated heterocycles. The minimum Gasteiger partial charge on any atom is -0.458 e. The molecule has 94 valence electrons. The first-order valence-electron chi connectivity index (χ1n) is 5.33. The van der Waals surface area contributed by atoms with E-state index in [9.17, 15) is 9.59 Å². The molecule has 0 bridgehead atoms. The highest BCUT2D eigenvalue weighted by atomic mass is 16.6. The van der Waals surface area contributed by atoms with Crippen LogP contribution in [0.4, 0.5) is 0 Å². The van der Waals surface area contributed by atoms with Gasteiger partial charge in [0.25, 0.3) is 0 Å². The average molecular weight is 230 g/mol. The first-order chi connectivity index (χ1) is 6.97. The molecule has 4 nitrogen and oxygen atoms in total. The van der Waals surface area contributed by atoms with Crippen molar-refractivity contribution in [2.75, 3.05) is 0 Å². The Hall–Kier alpha value is -1.06. The van der Waals surface area contributed by atoms with Crippen LogP contribution in [0.3, 0.4) is 0 Å². The lowest BCUT2D eigenvalue weighted by molar-refractivity contribution is -0.190. The van der Waals surface area contributed by atoms with E-state index in [-0.39, 0.29) is 17.4 Å². The number of carbonyl (C=O) groups is 2. The van der Waals surface area contributed by atoms with E-state index in [4.69, 9.17) is 9.47 Å². The molecule has 4 heteroatoms. The predicted molar refractivity (Wildman–Crippen MR) is 60.9 cm³/mol. The van der Waals surface area contributed by atoms with Crippen molar-refractivity contribution in [3.05, 3.63) is 0 Å². The highest BCUT2D eigenvalue weighted by Crippen LogP contribution is 2.33. The Kier molecular flexibility index (Phi) is 4.53. The van der Waals surface area contributed by atoms with E-state index in [0.717, 1.165) is 0 Å². The molecule has 1 atom stereocenters. The molecule has 16 heavy (non-hydrogen) atoms. The lowest BCUT2D eigenvalue weighted by Gasteiger charge is -2.40. The topological polar surface area (TPSA) is 52.6 Å². The maximum absolute atomic E-state index is 11.1. The summed E-state index contributed by atoms with van der Waals surface area (Å²) in [6.07, 6.45) is -0.485. The van der Waals surface area contributed by atoms with E-state index in [1.807, 2.05) is 20.8 Å². The third-order valence-electron chi connectivity index (χ3n) is 2.11. The van der Waals surface area contributed by atoms with Crippen LogP contribution in [0.25, 0.3) is 0 Å². The SMILES string of the molecule is CC(=O)OC(C(C)(C)C)C(C)(C)OC(C)=O. The predicted octanol–water partition coefficient (Wildman–Crippen LogP) is 2.31. The molecule has 0 aliphatic heterocycles. The van der Waals surface area contributed by atoms with Gasteiger partial charge in [0.15, 0.2) is 0 Å². The normalized spacial score (nSPS) is 14.2. The summed E-state index contributed by atoms with van der Waals surface area (Å²) < 4.78 is 10.5. The summed E-state index contributed by atoms with van der Waals surface area (Å²) in [7, 11) is 0. The van der Waals surface area contributed by atoms with E-state index in [0.29, 0.717) is 0 Å². The second-order valence-corrected chi connectivity index (χ2v) is 5.55. The van der Waals surface area contributed by atoms with Gasteiger partial charge in [0.1, 0.15) is 11.7 Å². The average Bonchev–Trinajstić information content (AvgIpc) is 1.94. The third kappa shape index (κ3) is 4.64. The number of ether oxygens (including phenoxy) is 2. The highest BCUT2D eigenvalue weighted by molar-refractivity contribution is 5.67. The fourth-order valence-electron chi connectivity index (χ4n) is 1.95. The Morgan fingerprint density at radius 1 is 0.938 bits per heavy atom. The molecule has 1 unspecified atom stereocenters. The van der Waals surface area contributed by atoms with Crippen molar-refractivity contribution in [1.29, 1.82) is 0 Å². The summed E-state index contributed by atoms with van der Waals surface area (Å²) >= 11 is 0. The third-order valence-corrected chi connectivity index (χ3v) is 2.11. The summed E-state index contributed by atoms with van der Waals surface area (Å²) in [6.45, 7) is 12.0. The van der Waals surface area contributed by atoms with E-state index in [1.165, 1.54) is 13.8 Å². The molecule has 0 aromatic rings. The molecule has 0 spiro atoms. The zero-order chi connectivity index (χ0) is 13.1. The maximum Gasteiger partial charge on any atom is 0.303 e. The Bertz CT molecular complexity index is 273. The van der Waals surface area contributed by atoms with Gasteiger partial charge in [0, 0.05) is 19.3 Å². The van der Waals surface area contributed by atoms with Gasteiger partial charge in [0.2, 0.25) is 0 Å². The van der Waals surface area contributed by atoms with Gasteiger partial charge in [-0.3, -0.25) is 9.59 Å². The van der Waals surface area contributed by atoms with Crippen molar-refractivity contribution < 1.29 is 19.1 Å². The molecule has 0 saturated carbocycles. The first kappa shape index (κ1) is 14.9. The maximum atomic E-state index is 11.1. The van der Waals surface area contributed by atoms with Crippen molar-refractivity contribution in [2.24, 2.45) is 5.41 Å². The van der Waals surface area contributed by atoms with Gasteiger partial charge in [-0.1, -0.05) is 20.8 Å². The van der Waals surface area contributed by atoms with Crippen molar-refractivity contribution in [2.45, 2.75) is 60.2 Å². The molecule has 0 radical (unpaired) electrons.